The lowest BCUT2D eigenvalue weighted by Crippen LogP contribution is -2.54. The van der Waals surface area contributed by atoms with Crippen LogP contribution < -0.4 is 15.4 Å². The maximum absolute atomic E-state index is 13.0. The van der Waals surface area contributed by atoms with Gasteiger partial charge in [0.05, 0.1) is 13.4 Å². The number of likely N-dealkylation sites (tertiary alicyclic amines) is 1. The van der Waals surface area contributed by atoms with Crippen molar-refractivity contribution in [2.75, 3.05) is 40.5 Å². The molecule has 9 nitrogen and oxygen atoms in total. The highest BCUT2D eigenvalue weighted by Crippen LogP contribution is 2.23. The van der Waals surface area contributed by atoms with Gasteiger partial charge in [0.2, 0.25) is 5.91 Å². The Balaban J connectivity index is 1.65. The Bertz CT molecular complexity index is 905. The molecule has 1 atom stereocenters. The summed E-state index contributed by atoms with van der Waals surface area (Å²) in [4.78, 5) is 40.1. The van der Waals surface area contributed by atoms with E-state index >= 15 is 0 Å². The molecule has 2 N–H and O–H groups in total. The average molecular weight is 458 g/mol. The highest BCUT2D eigenvalue weighted by atomic mass is 16.5. The number of nitrogens with one attached hydrogen (secondary N) is 2. The van der Waals surface area contributed by atoms with Gasteiger partial charge in [-0.05, 0) is 61.6 Å². The van der Waals surface area contributed by atoms with E-state index in [-0.39, 0.29) is 23.6 Å². The van der Waals surface area contributed by atoms with Gasteiger partial charge in [0.25, 0.3) is 11.8 Å². The van der Waals surface area contributed by atoms with Crippen molar-refractivity contribution in [3.63, 3.8) is 0 Å². The first-order valence-electron chi connectivity index (χ1n) is 11.1. The lowest BCUT2D eigenvalue weighted by molar-refractivity contribution is -0.124. The van der Waals surface area contributed by atoms with Crippen LogP contribution in [-0.4, -0.2) is 69.1 Å². The number of carbonyl (C=O) groups excluding carboxylic acids is 3. The van der Waals surface area contributed by atoms with Gasteiger partial charge in [0.1, 0.15) is 11.8 Å². The van der Waals surface area contributed by atoms with Crippen LogP contribution in [0.1, 0.15) is 40.2 Å². The van der Waals surface area contributed by atoms with Gasteiger partial charge in [0.15, 0.2) is 5.76 Å². The number of benzene rings is 1. The highest BCUT2D eigenvalue weighted by molar-refractivity contribution is 5.97. The van der Waals surface area contributed by atoms with Crippen molar-refractivity contribution >= 4 is 17.7 Å². The predicted molar refractivity (Wildman–Crippen MR) is 121 cm³/mol. The van der Waals surface area contributed by atoms with E-state index in [0.29, 0.717) is 62.6 Å². The molecular formula is C24H31N3O6. The molecule has 0 aliphatic carbocycles. The van der Waals surface area contributed by atoms with Gasteiger partial charge in [0, 0.05) is 38.9 Å². The minimum absolute atomic E-state index is 0.102. The van der Waals surface area contributed by atoms with E-state index in [4.69, 9.17) is 13.9 Å². The number of furan rings is 1. The zero-order valence-corrected chi connectivity index (χ0v) is 19.0. The Morgan fingerprint density at radius 1 is 1.12 bits per heavy atom. The summed E-state index contributed by atoms with van der Waals surface area (Å²) in [6, 6.07) is 9.33. The van der Waals surface area contributed by atoms with E-state index in [1.807, 2.05) is 0 Å². The van der Waals surface area contributed by atoms with Crippen molar-refractivity contribution in [2.45, 2.75) is 25.3 Å². The van der Waals surface area contributed by atoms with Crippen LogP contribution in [-0.2, 0) is 9.53 Å². The second-order valence-electron chi connectivity index (χ2n) is 7.92. The van der Waals surface area contributed by atoms with Gasteiger partial charge in [-0.15, -0.1) is 0 Å². The summed E-state index contributed by atoms with van der Waals surface area (Å²) in [6.07, 6.45) is 3.33. The molecule has 0 bridgehead atoms. The quantitative estimate of drug-likeness (QED) is 0.529. The molecule has 3 amide bonds. The molecule has 1 aliphatic heterocycles. The first-order valence-corrected chi connectivity index (χ1v) is 11.1. The lowest BCUT2D eigenvalue weighted by atomic mass is 9.88. The maximum Gasteiger partial charge on any atom is 0.289 e. The van der Waals surface area contributed by atoms with Crippen LogP contribution in [0.2, 0.25) is 0 Å². The SMILES string of the molecule is COCCCNC(=O)C(NC(=O)c1ccc(OC)cc1)C1CCN(C(=O)c2ccco2)CC1. The van der Waals surface area contributed by atoms with Gasteiger partial charge in [-0.2, -0.15) is 0 Å². The van der Waals surface area contributed by atoms with Crippen LogP contribution in [0.15, 0.2) is 47.1 Å². The number of carbonyl (C=O) groups is 3. The third-order valence-corrected chi connectivity index (χ3v) is 5.78. The van der Waals surface area contributed by atoms with E-state index in [2.05, 4.69) is 10.6 Å². The number of ether oxygens (including phenoxy) is 2. The molecule has 2 aromatic rings. The van der Waals surface area contributed by atoms with Crippen molar-refractivity contribution in [1.82, 2.24) is 15.5 Å². The summed E-state index contributed by atoms with van der Waals surface area (Å²) < 4.78 is 15.4. The Hall–Kier alpha value is -3.33. The average Bonchev–Trinajstić information content (AvgIpc) is 3.40. The molecule has 9 heteroatoms. The predicted octanol–water partition coefficient (Wildman–Crippen LogP) is 2.09. The molecule has 3 rings (SSSR count). The Labute approximate surface area is 193 Å². The summed E-state index contributed by atoms with van der Waals surface area (Å²) >= 11 is 0. The fraction of sp³-hybridized carbons (Fsp3) is 0.458. The number of hydrogen-bond donors (Lipinski definition) is 2. The molecule has 0 radical (unpaired) electrons. The van der Waals surface area contributed by atoms with Gasteiger partial charge >= 0.3 is 0 Å². The molecular weight excluding hydrogens is 426 g/mol. The van der Waals surface area contributed by atoms with Crippen molar-refractivity contribution in [2.24, 2.45) is 5.92 Å². The Morgan fingerprint density at radius 3 is 2.45 bits per heavy atom. The number of methoxy groups -OCH3 is 2. The molecule has 1 aliphatic rings. The van der Waals surface area contributed by atoms with Crippen LogP contribution in [0.5, 0.6) is 5.75 Å². The second-order valence-corrected chi connectivity index (χ2v) is 7.92. The normalized spacial score (nSPS) is 15.0. The van der Waals surface area contributed by atoms with E-state index < -0.39 is 6.04 Å². The first kappa shape index (κ1) is 24.3. The van der Waals surface area contributed by atoms with Crippen LogP contribution in [0.3, 0.4) is 0 Å². The molecule has 178 valence electrons. The van der Waals surface area contributed by atoms with Gasteiger partial charge in [-0.3, -0.25) is 14.4 Å². The van der Waals surface area contributed by atoms with Crippen LogP contribution >= 0.6 is 0 Å². The molecule has 0 saturated carbocycles. The topological polar surface area (TPSA) is 110 Å². The zero-order chi connectivity index (χ0) is 23.6. The summed E-state index contributed by atoms with van der Waals surface area (Å²) in [6.45, 7) is 1.96. The van der Waals surface area contributed by atoms with Crippen molar-refractivity contribution in [1.29, 1.82) is 0 Å². The zero-order valence-electron chi connectivity index (χ0n) is 19.0. The van der Waals surface area contributed by atoms with Crippen LogP contribution in [0.25, 0.3) is 0 Å². The van der Waals surface area contributed by atoms with E-state index in [9.17, 15) is 14.4 Å². The monoisotopic (exact) mass is 457 g/mol. The first-order chi connectivity index (χ1) is 16.0. The third-order valence-electron chi connectivity index (χ3n) is 5.78. The number of amides is 3. The van der Waals surface area contributed by atoms with Crippen molar-refractivity contribution in [3.05, 3.63) is 54.0 Å². The number of piperidine rings is 1. The summed E-state index contributed by atoms with van der Waals surface area (Å²) in [5.74, 6) is 0.116. The number of nitrogens with zero attached hydrogens (tertiary/aromatic N) is 1. The summed E-state index contributed by atoms with van der Waals surface area (Å²) in [5, 5.41) is 5.80. The maximum atomic E-state index is 13.0. The van der Waals surface area contributed by atoms with E-state index in [1.165, 1.54) is 6.26 Å². The van der Waals surface area contributed by atoms with Gasteiger partial charge < -0.3 is 29.4 Å². The molecule has 1 aromatic heterocycles. The Kier molecular flexibility index (Phi) is 8.88. The van der Waals surface area contributed by atoms with Crippen LogP contribution in [0.4, 0.5) is 0 Å². The smallest absolute Gasteiger partial charge is 0.289 e. The molecule has 1 aromatic carbocycles. The third kappa shape index (κ3) is 6.58. The standard InChI is InChI=1S/C24H31N3O6/c1-31-15-4-12-25-23(29)21(26-22(28)18-6-8-19(32-2)9-7-18)17-10-13-27(14-11-17)24(30)20-5-3-16-33-20/h3,5-9,16-17,21H,4,10-15H2,1-2H3,(H,25,29)(H,26,28). The molecule has 1 fully saturated rings. The summed E-state index contributed by atoms with van der Waals surface area (Å²) in [7, 11) is 3.17. The molecule has 0 spiro atoms. The molecule has 2 heterocycles. The molecule has 1 saturated heterocycles. The second kappa shape index (κ2) is 12.1. The molecule has 1 unspecified atom stereocenters. The summed E-state index contributed by atoms with van der Waals surface area (Å²) in [5.41, 5.74) is 0.443. The fourth-order valence-electron chi connectivity index (χ4n) is 3.89. The van der Waals surface area contributed by atoms with Crippen molar-refractivity contribution < 1.29 is 28.3 Å². The van der Waals surface area contributed by atoms with E-state index in [1.54, 1.807) is 55.5 Å². The minimum atomic E-state index is -0.706. The Morgan fingerprint density at radius 2 is 1.85 bits per heavy atom. The fourth-order valence-corrected chi connectivity index (χ4v) is 3.89. The minimum Gasteiger partial charge on any atom is -0.497 e. The van der Waals surface area contributed by atoms with Crippen LogP contribution in [0, 0.1) is 5.92 Å². The number of hydrogen-bond acceptors (Lipinski definition) is 6. The van der Waals surface area contributed by atoms with Gasteiger partial charge in [-0.1, -0.05) is 0 Å². The highest BCUT2D eigenvalue weighted by Gasteiger charge is 2.34. The number of rotatable bonds is 10. The van der Waals surface area contributed by atoms with Crippen molar-refractivity contribution in [3.8, 4) is 5.75 Å². The van der Waals surface area contributed by atoms with Gasteiger partial charge in [-0.25, -0.2) is 0 Å². The molecule has 33 heavy (non-hydrogen) atoms. The largest absolute Gasteiger partial charge is 0.497 e. The lowest BCUT2D eigenvalue weighted by Gasteiger charge is -2.35. The van der Waals surface area contributed by atoms with E-state index in [0.717, 1.165) is 0 Å².